The van der Waals surface area contributed by atoms with Crippen LogP contribution in [0.2, 0.25) is 0 Å². The van der Waals surface area contributed by atoms with Crippen molar-refractivity contribution in [3.05, 3.63) is 54.0 Å². The number of benzene rings is 1. The van der Waals surface area contributed by atoms with Crippen LogP contribution < -0.4 is 15.5 Å². The molecule has 1 saturated heterocycles. The molecule has 178 valence electrons. The lowest BCUT2D eigenvalue weighted by Gasteiger charge is -2.27. The van der Waals surface area contributed by atoms with Crippen LogP contribution in [0.1, 0.15) is 41.8 Å². The first-order valence-electron chi connectivity index (χ1n) is 10.8. The number of nitrogens with one attached hydrogen (secondary N) is 2. The zero-order valence-corrected chi connectivity index (χ0v) is 19.2. The number of pyridine rings is 1. The van der Waals surface area contributed by atoms with Gasteiger partial charge in [0.15, 0.2) is 0 Å². The molecule has 1 amide bonds. The van der Waals surface area contributed by atoms with E-state index in [1.807, 2.05) is 6.07 Å². The number of carbonyl (C=O) groups is 2. The summed E-state index contributed by atoms with van der Waals surface area (Å²) in [6.07, 6.45) is 1.57. The van der Waals surface area contributed by atoms with E-state index in [0.29, 0.717) is 30.2 Å². The molecular formula is C23H26N6O5. The van der Waals surface area contributed by atoms with Crippen molar-refractivity contribution in [1.82, 2.24) is 15.2 Å². The van der Waals surface area contributed by atoms with Gasteiger partial charge in [-0.05, 0) is 51.1 Å². The number of rotatable bonds is 6. The van der Waals surface area contributed by atoms with E-state index in [9.17, 15) is 9.59 Å². The summed E-state index contributed by atoms with van der Waals surface area (Å²) in [6, 6.07) is 10.3. The molecule has 3 heterocycles. The zero-order chi connectivity index (χ0) is 24.1. The molecule has 1 aliphatic heterocycles. The van der Waals surface area contributed by atoms with Gasteiger partial charge in [-0.2, -0.15) is 0 Å². The third-order valence-corrected chi connectivity index (χ3v) is 4.71. The second kappa shape index (κ2) is 9.87. The molecule has 0 saturated carbocycles. The molecule has 3 aromatic rings. The summed E-state index contributed by atoms with van der Waals surface area (Å²) < 4.78 is 16.1. The van der Waals surface area contributed by atoms with E-state index in [4.69, 9.17) is 13.9 Å². The smallest absolute Gasteiger partial charge is 0.338 e. The van der Waals surface area contributed by atoms with Gasteiger partial charge >= 0.3 is 23.8 Å². The van der Waals surface area contributed by atoms with Crippen molar-refractivity contribution in [3.8, 4) is 0 Å². The van der Waals surface area contributed by atoms with E-state index in [2.05, 4.69) is 30.7 Å². The van der Waals surface area contributed by atoms with E-state index in [1.54, 1.807) is 57.3 Å². The maximum Gasteiger partial charge on any atom is 0.338 e. The standard InChI is InChI=1S/C23H26N6O5/c1-23(2,3)34-21(31)15-5-4-6-16(13-15)26-22-28-27-20(33-22)19(30)25-17-7-8-18(24-14-17)29-9-11-32-12-10-29/h4-8,13-14H,9-12H2,1-3H3,(H,25,30)(H,26,28). The van der Waals surface area contributed by atoms with Crippen molar-refractivity contribution in [2.24, 2.45) is 0 Å². The average Bonchev–Trinajstić information content (AvgIpc) is 3.28. The summed E-state index contributed by atoms with van der Waals surface area (Å²) in [5.74, 6) is -0.416. The Bertz CT molecular complexity index is 1150. The first kappa shape index (κ1) is 23.2. The SMILES string of the molecule is CC(C)(C)OC(=O)c1cccc(Nc2nnc(C(=O)Nc3ccc(N4CCOCC4)nc3)o2)c1. The molecule has 0 radical (unpaired) electrons. The molecule has 11 nitrogen and oxygen atoms in total. The Morgan fingerprint density at radius 2 is 1.85 bits per heavy atom. The minimum Gasteiger partial charge on any atom is -0.456 e. The number of morpholine rings is 1. The van der Waals surface area contributed by atoms with Gasteiger partial charge in [0.25, 0.3) is 0 Å². The lowest BCUT2D eigenvalue weighted by molar-refractivity contribution is 0.00694. The van der Waals surface area contributed by atoms with Gasteiger partial charge in [0, 0.05) is 18.8 Å². The molecule has 0 spiro atoms. The van der Waals surface area contributed by atoms with E-state index >= 15 is 0 Å². The Kier molecular flexibility index (Phi) is 6.73. The molecule has 0 bridgehead atoms. The minimum atomic E-state index is -0.604. The second-order valence-corrected chi connectivity index (χ2v) is 8.58. The molecular weight excluding hydrogens is 440 g/mol. The molecule has 4 rings (SSSR count). The van der Waals surface area contributed by atoms with Crippen LogP contribution >= 0.6 is 0 Å². The first-order valence-corrected chi connectivity index (χ1v) is 10.8. The maximum atomic E-state index is 12.5. The number of amides is 1. The Hall–Kier alpha value is -3.99. The van der Waals surface area contributed by atoms with Gasteiger partial charge in [-0.25, -0.2) is 9.78 Å². The van der Waals surface area contributed by atoms with Crippen molar-refractivity contribution >= 4 is 35.1 Å². The average molecular weight is 466 g/mol. The van der Waals surface area contributed by atoms with Gasteiger partial charge in [0.05, 0.1) is 30.7 Å². The number of nitrogens with zero attached hydrogens (tertiary/aromatic N) is 4. The van der Waals surface area contributed by atoms with Crippen LogP contribution in [0.5, 0.6) is 0 Å². The molecule has 11 heteroatoms. The summed E-state index contributed by atoms with van der Waals surface area (Å²) in [6.45, 7) is 8.28. The fourth-order valence-electron chi connectivity index (χ4n) is 3.17. The summed E-state index contributed by atoms with van der Waals surface area (Å²) in [7, 11) is 0. The number of esters is 1. The molecule has 34 heavy (non-hydrogen) atoms. The summed E-state index contributed by atoms with van der Waals surface area (Å²) >= 11 is 0. The van der Waals surface area contributed by atoms with Gasteiger partial charge in [-0.1, -0.05) is 11.2 Å². The lowest BCUT2D eigenvalue weighted by atomic mass is 10.1. The maximum absolute atomic E-state index is 12.5. The highest BCUT2D eigenvalue weighted by molar-refractivity contribution is 6.00. The Morgan fingerprint density at radius 3 is 2.56 bits per heavy atom. The molecule has 1 fully saturated rings. The molecule has 0 aliphatic carbocycles. The van der Waals surface area contributed by atoms with Gasteiger partial charge < -0.3 is 29.4 Å². The Morgan fingerprint density at radius 1 is 1.06 bits per heavy atom. The van der Waals surface area contributed by atoms with Crippen LogP contribution in [-0.4, -0.2) is 59.0 Å². The first-order chi connectivity index (χ1) is 16.3. The van der Waals surface area contributed by atoms with Gasteiger partial charge in [-0.15, -0.1) is 5.10 Å². The van der Waals surface area contributed by atoms with Crippen LogP contribution in [-0.2, 0) is 9.47 Å². The monoisotopic (exact) mass is 466 g/mol. The van der Waals surface area contributed by atoms with Crippen molar-refractivity contribution in [2.45, 2.75) is 26.4 Å². The topological polar surface area (TPSA) is 132 Å². The fraction of sp³-hybridized carbons (Fsp3) is 0.348. The van der Waals surface area contributed by atoms with Crippen LogP contribution in [0, 0.1) is 0 Å². The number of aromatic nitrogens is 3. The van der Waals surface area contributed by atoms with E-state index < -0.39 is 17.5 Å². The second-order valence-electron chi connectivity index (χ2n) is 8.58. The van der Waals surface area contributed by atoms with Crippen LogP contribution in [0.4, 0.5) is 23.2 Å². The van der Waals surface area contributed by atoms with Crippen molar-refractivity contribution in [3.63, 3.8) is 0 Å². The third kappa shape index (κ3) is 6.07. The minimum absolute atomic E-state index is 0.00674. The number of ether oxygens (including phenoxy) is 2. The lowest BCUT2D eigenvalue weighted by Crippen LogP contribution is -2.36. The quantitative estimate of drug-likeness (QED) is 0.522. The van der Waals surface area contributed by atoms with Gasteiger partial charge in [0.1, 0.15) is 11.4 Å². The van der Waals surface area contributed by atoms with Crippen molar-refractivity contribution in [1.29, 1.82) is 0 Å². The predicted octanol–water partition coefficient (Wildman–Crippen LogP) is 3.25. The molecule has 1 aromatic carbocycles. The third-order valence-electron chi connectivity index (χ3n) is 4.71. The van der Waals surface area contributed by atoms with Crippen LogP contribution in [0.25, 0.3) is 0 Å². The molecule has 1 aliphatic rings. The van der Waals surface area contributed by atoms with Gasteiger partial charge in [-0.3, -0.25) is 4.79 Å². The predicted molar refractivity (Wildman–Crippen MR) is 124 cm³/mol. The zero-order valence-electron chi connectivity index (χ0n) is 19.2. The van der Waals surface area contributed by atoms with Crippen LogP contribution in [0.3, 0.4) is 0 Å². The Labute approximate surface area is 196 Å². The molecule has 2 aromatic heterocycles. The van der Waals surface area contributed by atoms with Gasteiger partial charge in [0.2, 0.25) is 0 Å². The largest absolute Gasteiger partial charge is 0.456 e. The summed E-state index contributed by atoms with van der Waals surface area (Å²) in [5.41, 5.74) is 0.792. The Balaban J connectivity index is 1.36. The highest BCUT2D eigenvalue weighted by Gasteiger charge is 2.19. The molecule has 0 unspecified atom stereocenters. The number of anilines is 4. The summed E-state index contributed by atoms with van der Waals surface area (Å²) in [5, 5.41) is 13.2. The molecule has 2 N–H and O–H groups in total. The number of carbonyl (C=O) groups excluding carboxylic acids is 2. The number of hydrogen-bond acceptors (Lipinski definition) is 10. The van der Waals surface area contributed by atoms with Crippen molar-refractivity contribution in [2.75, 3.05) is 41.8 Å². The van der Waals surface area contributed by atoms with E-state index in [0.717, 1.165) is 18.9 Å². The van der Waals surface area contributed by atoms with Crippen molar-refractivity contribution < 1.29 is 23.5 Å². The number of hydrogen-bond donors (Lipinski definition) is 2. The normalized spacial score (nSPS) is 13.9. The highest BCUT2D eigenvalue weighted by Crippen LogP contribution is 2.20. The van der Waals surface area contributed by atoms with E-state index in [-0.39, 0.29) is 11.9 Å². The molecule has 0 atom stereocenters. The van der Waals surface area contributed by atoms with E-state index in [1.165, 1.54) is 0 Å². The fourth-order valence-corrected chi connectivity index (χ4v) is 3.17. The van der Waals surface area contributed by atoms with Crippen LogP contribution in [0.15, 0.2) is 47.0 Å². The highest BCUT2D eigenvalue weighted by atomic mass is 16.6. The summed E-state index contributed by atoms with van der Waals surface area (Å²) in [4.78, 5) is 31.3.